The molecule has 0 aliphatic carbocycles. The highest BCUT2D eigenvalue weighted by molar-refractivity contribution is 6.28. The van der Waals surface area contributed by atoms with E-state index >= 15 is 0 Å². The molecule has 6 heteroatoms. The van der Waals surface area contributed by atoms with Crippen molar-refractivity contribution in [2.75, 3.05) is 5.32 Å². The normalized spacial score (nSPS) is 10.6. The first-order valence-corrected chi connectivity index (χ1v) is 6.67. The molecule has 0 unspecified atom stereocenters. The fourth-order valence-electron chi connectivity index (χ4n) is 2.00. The molecule has 5 nitrogen and oxygen atoms in total. The van der Waals surface area contributed by atoms with Crippen molar-refractivity contribution < 1.29 is 4.79 Å². The Hall–Kier alpha value is -2.53. The molecule has 0 bridgehead atoms. The van der Waals surface area contributed by atoms with E-state index in [1.54, 1.807) is 36.7 Å². The van der Waals surface area contributed by atoms with Gasteiger partial charge in [-0.05, 0) is 36.2 Å². The number of nitrogens with zero attached hydrogens (tertiary/aromatic N) is 3. The third kappa shape index (κ3) is 2.68. The van der Waals surface area contributed by atoms with E-state index < -0.39 is 0 Å². The number of pyridine rings is 1. The Morgan fingerprint density at radius 2 is 1.90 bits per heavy atom. The zero-order valence-corrected chi connectivity index (χ0v) is 11.9. The maximum Gasteiger partial charge on any atom is 0.256 e. The molecular formula is C15H11ClN4O. The van der Waals surface area contributed by atoms with Crippen LogP contribution in [0.15, 0.2) is 42.7 Å². The molecule has 0 aliphatic rings. The SMILES string of the molecule is Cc1cnc(NC(=O)c2ccccc2)c2cnc(Cl)nc12. The fraction of sp³-hybridized carbons (Fsp3) is 0.0667. The number of benzene rings is 1. The largest absolute Gasteiger partial charge is 0.306 e. The third-order valence-electron chi connectivity index (χ3n) is 3.04. The van der Waals surface area contributed by atoms with E-state index in [4.69, 9.17) is 11.6 Å². The summed E-state index contributed by atoms with van der Waals surface area (Å²) in [5.41, 5.74) is 2.10. The van der Waals surface area contributed by atoms with E-state index in [1.807, 2.05) is 13.0 Å². The van der Waals surface area contributed by atoms with Gasteiger partial charge in [-0.3, -0.25) is 4.79 Å². The van der Waals surface area contributed by atoms with Crippen LogP contribution < -0.4 is 5.32 Å². The molecule has 0 fully saturated rings. The molecule has 0 aliphatic heterocycles. The summed E-state index contributed by atoms with van der Waals surface area (Å²) in [6.07, 6.45) is 3.21. The van der Waals surface area contributed by atoms with Crippen molar-refractivity contribution in [2.45, 2.75) is 6.92 Å². The van der Waals surface area contributed by atoms with Crippen molar-refractivity contribution in [3.63, 3.8) is 0 Å². The highest BCUT2D eigenvalue weighted by Crippen LogP contribution is 2.23. The predicted octanol–water partition coefficient (Wildman–Crippen LogP) is 3.24. The van der Waals surface area contributed by atoms with E-state index in [1.165, 1.54) is 0 Å². The lowest BCUT2D eigenvalue weighted by molar-refractivity contribution is 0.102. The smallest absolute Gasteiger partial charge is 0.256 e. The number of carbonyl (C=O) groups excluding carboxylic acids is 1. The van der Waals surface area contributed by atoms with Gasteiger partial charge < -0.3 is 5.32 Å². The van der Waals surface area contributed by atoms with E-state index in [9.17, 15) is 4.79 Å². The lowest BCUT2D eigenvalue weighted by atomic mass is 10.2. The second-order valence-electron chi connectivity index (χ2n) is 4.51. The average molecular weight is 299 g/mol. The van der Waals surface area contributed by atoms with Gasteiger partial charge in [-0.1, -0.05) is 18.2 Å². The molecule has 0 radical (unpaired) electrons. The van der Waals surface area contributed by atoms with Crippen LogP contribution in [0.25, 0.3) is 10.9 Å². The van der Waals surface area contributed by atoms with E-state index in [-0.39, 0.29) is 11.2 Å². The Balaban J connectivity index is 2.02. The highest BCUT2D eigenvalue weighted by atomic mass is 35.5. The molecular weight excluding hydrogens is 288 g/mol. The van der Waals surface area contributed by atoms with E-state index in [0.717, 1.165) is 5.56 Å². The summed E-state index contributed by atoms with van der Waals surface area (Å²) in [6, 6.07) is 8.93. The van der Waals surface area contributed by atoms with Gasteiger partial charge in [-0.25, -0.2) is 15.0 Å². The number of anilines is 1. The highest BCUT2D eigenvalue weighted by Gasteiger charge is 2.12. The number of halogens is 1. The van der Waals surface area contributed by atoms with Crippen molar-refractivity contribution in [3.8, 4) is 0 Å². The second kappa shape index (κ2) is 5.46. The molecule has 0 atom stereocenters. The summed E-state index contributed by atoms with van der Waals surface area (Å²) in [7, 11) is 0. The van der Waals surface area contributed by atoms with Gasteiger partial charge in [0.25, 0.3) is 5.91 Å². The van der Waals surface area contributed by atoms with Crippen LogP contribution in [0.1, 0.15) is 15.9 Å². The van der Waals surface area contributed by atoms with Gasteiger partial charge in [0, 0.05) is 18.0 Å². The summed E-state index contributed by atoms with van der Waals surface area (Å²) >= 11 is 5.81. The molecule has 2 aromatic heterocycles. The zero-order valence-electron chi connectivity index (χ0n) is 11.2. The second-order valence-corrected chi connectivity index (χ2v) is 4.85. The van der Waals surface area contributed by atoms with Gasteiger partial charge in [0.15, 0.2) is 0 Å². The zero-order chi connectivity index (χ0) is 14.8. The lowest BCUT2D eigenvalue weighted by Crippen LogP contribution is -2.13. The number of aromatic nitrogens is 3. The predicted molar refractivity (Wildman–Crippen MR) is 81.5 cm³/mol. The number of fused-ring (bicyclic) bond motifs is 1. The Morgan fingerprint density at radius 1 is 1.14 bits per heavy atom. The van der Waals surface area contributed by atoms with Crippen molar-refractivity contribution >= 4 is 34.2 Å². The molecule has 0 spiro atoms. The number of carbonyl (C=O) groups is 1. The molecule has 3 aromatic rings. The number of nitrogens with one attached hydrogen (secondary N) is 1. The van der Waals surface area contributed by atoms with Crippen LogP contribution in [-0.2, 0) is 0 Å². The molecule has 3 rings (SSSR count). The van der Waals surface area contributed by atoms with Crippen LogP contribution in [0.2, 0.25) is 5.28 Å². The first kappa shape index (κ1) is 13.5. The third-order valence-corrected chi connectivity index (χ3v) is 3.23. The Bertz CT molecular complexity index is 821. The van der Waals surface area contributed by atoms with Gasteiger partial charge in [-0.15, -0.1) is 0 Å². The summed E-state index contributed by atoms with van der Waals surface area (Å²) in [5.74, 6) is 0.185. The standard InChI is InChI=1S/C15H11ClN4O/c1-9-7-17-13(11-8-18-15(16)19-12(9)11)20-14(21)10-5-3-2-4-6-10/h2-8H,1H3,(H,17,20,21). The van der Waals surface area contributed by atoms with Gasteiger partial charge in [0.1, 0.15) is 5.82 Å². The van der Waals surface area contributed by atoms with Gasteiger partial charge in [0.05, 0.1) is 10.9 Å². The van der Waals surface area contributed by atoms with Gasteiger partial charge in [0.2, 0.25) is 5.28 Å². The number of aryl methyl sites for hydroxylation is 1. The van der Waals surface area contributed by atoms with Crippen molar-refractivity contribution in [2.24, 2.45) is 0 Å². The topological polar surface area (TPSA) is 67.8 Å². The van der Waals surface area contributed by atoms with Crippen LogP contribution in [0.5, 0.6) is 0 Å². The Labute approximate surface area is 126 Å². The monoisotopic (exact) mass is 298 g/mol. The maximum absolute atomic E-state index is 12.2. The minimum absolute atomic E-state index is 0.164. The minimum atomic E-state index is -0.233. The maximum atomic E-state index is 12.2. The molecule has 21 heavy (non-hydrogen) atoms. The summed E-state index contributed by atoms with van der Waals surface area (Å²) < 4.78 is 0. The Morgan fingerprint density at radius 3 is 2.67 bits per heavy atom. The molecule has 104 valence electrons. The van der Waals surface area contributed by atoms with Crippen LogP contribution in [-0.4, -0.2) is 20.9 Å². The Kier molecular flexibility index (Phi) is 3.50. The number of rotatable bonds is 2. The molecule has 1 aromatic carbocycles. The lowest BCUT2D eigenvalue weighted by Gasteiger charge is -2.08. The summed E-state index contributed by atoms with van der Waals surface area (Å²) in [5, 5.41) is 3.59. The van der Waals surface area contributed by atoms with Crippen molar-refractivity contribution in [1.82, 2.24) is 15.0 Å². The van der Waals surface area contributed by atoms with Crippen molar-refractivity contribution in [1.29, 1.82) is 0 Å². The first-order chi connectivity index (χ1) is 10.1. The first-order valence-electron chi connectivity index (χ1n) is 6.29. The quantitative estimate of drug-likeness (QED) is 0.738. The van der Waals surface area contributed by atoms with Crippen LogP contribution in [0.4, 0.5) is 5.82 Å². The molecule has 1 amide bonds. The van der Waals surface area contributed by atoms with Crippen LogP contribution in [0, 0.1) is 6.92 Å². The fourth-order valence-corrected chi connectivity index (χ4v) is 2.13. The molecule has 1 N–H and O–H groups in total. The molecule has 2 heterocycles. The molecule has 0 saturated heterocycles. The number of hydrogen-bond donors (Lipinski definition) is 1. The van der Waals surface area contributed by atoms with Crippen LogP contribution >= 0.6 is 11.6 Å². The van der Waals surface area contributed by atoms with Gasteiger partial charge in [-0.2, -0.15) is 0 Å². The number of amides is 1. The average Bonchev–Trinajstić information content (AvgIpc) is 2.51. The number of hydrogen-bond acceptors (Lipinski definition) is 4. The van der Waals surface area contributed by atoms with Crippen molar-refractivity contribution in [3.05, 3.63) is 59.1 Å². The summed E-state index contributed by atoms with van der Waals surface area (Å²) in [6.45, 7) is 1.88. The minimum Gasteiger partial charge on any atom is -0.306 e. The van der Waals surface area contributed by atoms with E-state index in [2.05, 4.69) is 20.3 Å². The van der Waals surface area contributed by atoms with Gasteiger partial charge >= 0.3 is 0 Å². The van der Waals surface area contributed by atoms with E-state index in [0.29, 0.717) is 22.3 Å². The molecule has 0 saturated carbocycles. The summed E-state index contributed by atoms with van der Waals surface area (Å²) in [4.78, 5) is 24.6. The van der Waals surface area contributed by atoms with Crippen LogP contribution in [0.3, 0.4) is 0 Å².